The van der Waals surface area contributed by atoms with E-state index in [9.17, 15) is 9.59 Å². The summed E-state index contributed by atoms with van der Waals surface area (Å²) in [5.74, 6) is 1.50. The van der Waals surface area contributed by atoms with Gasteiger partial charge in [-0.15, -0.1) is 0 Å². The van der Waals surface area contributed by atoms with Crippen molar-refractivity contribution in [2.75, 3.05) is 27.3 Å². The van der Waals surface area contributed by atoms with Gasteiger partial charge in [-0.05, 0) is 24.6 Å². The van der Waals surface area contributed by atoms with Crippen LogP contribution in [0.3, 0.4) is 0 Å². The first kappa shape index (κ1) is 14.7. The van der Waals surface area contributed by atoms with Crippen molar-refractivity contribution in [1.29, 1.82) is 0 Å². The van der Waals surface area contributed by atoms with Crippen molar-refractivity contribution in [2.45, 2.75) is 19.4 Å². The van der Waals surface area contributed by atoms with Crippen LogP contribution in [0, 0.1) is 5.41 Å². The van der Waals surface area contributed by atoms with Crippen LogP contribution in [0.5, 0.6) is 11.5 Å². The molecule has 3 rings (SSSR count). The maximum atomic E-state index is 12.5. The Balaban J connectivity index is 1.73. The molecule has 118 valence electrons. The molecular weight excluding hydrogens is 284 g/mol. The van der Waals surface area contributed by atoms with Crippen LogP contribution in [0.25, 0.3) is 0 Å². The summed E-state index contributed by atoms with van der Waals surface area (Å²) in [5, 5.41) is 2.78. The van der Waals surface area contributed by atoms with Gasteiger partial charge >= 0.3 is 0 Å². The fourth-order valence-electron chi connectivity index (χ4n) is 3.30. The average Bonchev–Trinajstić information content (AvgIpc) is 2.54. The minimum atomic E-state index is -0.478. The van der Waals surface area contributed by atoms with Crippen LogP contribution in [0.1, 0.15) is 18.4 Å². The molecule has 2 saturated heterocycles. The lowest BCUT2D eigenvalue weighted by atomic mass is 9.71. The molecule has 1 aromatic carbocycles. The van der Waals surface area contributed by atoms with Crippen molar-refractivity contribution in [1.82, 2.24) is 10.2 Å². The SMILES string of the molecule is COc1ccc(OC)c(CN2CC3(CCNC(=O)C3)C2=O)c1. The quantitative estimate of drug-likeness (QED) is 0.841. The Morgan fingerprint density at radius 3 is 2.73 bits per heavy atom. The van der Waals surface area contributed by atoms with Crippen molar-refractivity contribution in [2.24, 2.45) is 5.41 Å². The van der Waals surface area contributed by atoms with Crippen LogP contribution in [0.4, 0.5) is 0 Å². The number of hydrogen-bond donors (Lipinski definition) is 1. The molecule has 22 heavy (non-hydrogen) atoms. The summed E-state index contributed by atoms with van der Waals surface area (Å²) in [6.07, 6.45) is 1.03. The molecule has 0 aromatic heterocycles. The van der Waals surface area contributed by atoms with Crippen LogP contribution in [0.15, 0.2) is 18.2 Å². The Hall–Kier alpha value is -2.24. The Morgan fingerprint density at radius 1 is 1.27 bits per heavy atom. The minimum absolute atomic E-state index is 0.0294. The summed E-state index contributed by atoms with van der Waals surface area (Å²) in [6, 6.07) is 5.54. The first-order valence-electron chi connectivity index (χ1n) is 7.35. The number of nitrogens with zero attached hydrogens (tertiary/aromatic N) is 1. The number of piperidine rings is 1. The molecule has 6 heteroatoms. The highest BCUT2D eigenvalue weighted by atomic mass is 16.5. The summed E-state index contributed by atoms with van der Waals surface area (Å²) < 4.78 is 10.6. The van der Waals surface area contributed by atoms with E-state index >= 15 is 0 Å². The van der Waals surface area contributed by atoms with Gasteiger partial charge in [-0.25, -0.2) is 0 Å². The van der Waals surface area contributed by atoms with Crippen molar-refractivity contribution in [3.8, 4) is 11.5 Å². The van der Waals surface area contributed by atoms with Gasteiger partial charge in [0.15, 0.2) is 0 Å². The third-order valence-electron chi connectivity index (χ3n) is 4.51. The third-order valence-corrected chi connectivity index (χ3v) is 4.51. The highest BCUT2D eigenvalue weighted by molar-refractivity contribution is 5.94. The van der Waals surface area contributed by atoms with E-state index in [2.05, 4.69) is 5.32 Å². The number of likely N-dealkylation sites (tertiary alicyclic amines) is 1. The van der Waals surface area contributed by atoms with Crippen LogP contribution in [-0.2, 0) is 16.1 Å². The van der Waals surface area contributed by atoms with Gasteiger partial charge in [0, 0.05) is 31.6 Å². The van der Waals surface area contributed by atoms with Crippen LogP contribution in [0.2, 0.25) is 0 Å². The van der Waals surface area contributed by atoms with E-state index in [1.54, 1.807) is 19.1 Å². The van der Waals surface area contributed by atoms with Crippen molar-refractivity contribution >= 4 is 11.8 Å². The van der Waals surface area contributed by atoms with Gasteiger partial charge in [-0.3, -0.25) is 9.59 Å². The monoisotopic (exact) mass is 304 g/mol. The van der Waals surface area contributed by atoms with Crippen LogP contribution in [-0.4, -0.2) is 44.0 Å². The molecule has 0 bridgehead atoms. The Kier molecular flexibility index (Phi) is 3.68. The lowest BCUT2D eigenvalue weighted by Gasteiger charge is -2.50. The molecule has 6 nitrogen and oxygen atoms in total. The van der Waals surface area contributed by atoms with Gasteiger partial charge < -0.3 is 19.7 Å². The smallest absolute Gasteiger partial charge is 0.231 e. The van der Waals surface area contributed by atoms with Gasteiger partial charge in [0.1, 0.15) is 11.5 Å². The number of ether oxygens (including phenoxy) is 2. The molecule has 1 spiro atoms. The highest BCUT2D eigenvalue weighted by Gasteiger charge is 2.53. The van der Waals surface area contributed by atoms with Gasteiger partial charge in [-0.1, -0.05) is 0 Å². The lowest BCUT2D eigenvalue weighted by Crippen LogP contribution is -2.64. The largest absolute Gasteiger partial charge is 0.497 e. The molecule has 1 N–H and O–H groups in total. The van der Waals surface area contributed by atoms with Gasteiger partial charge in [0.2, 0.25) is 11.8 Å². The molecule has 1 unspecified atom stereocenters. The predicted octanol–water partition coefficient (Wildman–Crippen LogP) is 0.942. The Morgan fingerprint density at radius 2 is 2.09 bits per heavy atom. The van der Waals surface area contributed by atoms with E-state index in [4.69, 9.17) is 9.47 Å². The lowest BCUT2D eigenvalue weighted by molar-refractivity contribution is -0.167. The van der Waals surface area contributed by atoms with Crippen molar-refractivity contribution in [3.63, 3.8) is 0 Å². The second kappa shape index (κ2) is 5.51. The number of nitrogens with one attached hydrogen (secondary N) is 1. The molecule has 2 aliphatic heterocycles. The first-order chi connectivity index (χ1) is 10.6. The third kappa shape index (κ3) is 2.38. The number of β-lactam (4-membered cyclic amide) rings is 1. The summed E-state index contributed by atoms with van der Waals surface area (Å²) in [4.78, 5) is 25.8. The minimum Gasteiger partial charge on any atom is -0.497 e. The number of hydrogen-bond acceptors (Lipinski definition) is 4. The summed E-state index contributed by atoms with van der Waals surface area (Å²) in [7, 11) is 3.21. The predicted molar refractivity (Wildman–Crippen MR) is 79.6 cm³/mol. The molecule has 0 saturated carbocycles. The standard InChI is InChI=1S/C16H20N2O4/c1-21-12-3-4-13(22-2)11(7-12)9-18-10-16(15(18)20)5-6-17-14(19)8-16/h3-4,7H,5-6,8-10H2,1-2H3,(H,17,19). The Bertz CT molecular complexity index is 616. The molecule has 1 atom stereocenters. The molecule has 0 aliphatic carbocycles. The van der Waals surface area contributed by atoms with E-state index in [-0.39, 0.29) is 11.8 Å². The maximum Gasteiger partial charge on any atom is 0.231 e. The van der Waals surface area contributed by atoms with Crippen molar-refractivity contribution in [3.05, 3.63) is 23.8 Å². The zero-order chi connectivity index (χ0) is 15.7. The number of carbonyl (C=O) groups is 2. The van der Waals surface area contributed by atoms with E-state index in [1.165, 1.54) is 0 Å². The fourth-order valence-corrected chi connectivity index (χ4v) is 3.30. The molecular formula is C16H20N2O4. The number of benzene rings is 1. The Labute approximate surface area is 129 Å². The normalized spacial score (nSPS) is 24.0. The second-order valence-electron chi connectivity index (χ2n) is 5.90. The summed E-state index contributed by atoms with van der Waals surface area (Å²) in [5.41, 5.74) is 0.430. The molecule has 2 aliphatic rings. The topological polar surface area (TPSA) is 67.9 Å². The highest BCUT2D eigenvalue weighted by Crippen LogP contribution is 2.42. The number of amides is 2. The van der Waals surface area contributed by atoms with Gasteiger partial charge in [-0.2, -0.15) is 0 Å². The molecule has 2 heterocycles. The van der Waals surface area contributed by atoms with Gasteiger partial charge in [0.25, 0.3) is 0 Å². The van der Waals surface area contributed by atoms with E-state index in [0.29, 0.717) is 26.1 Å². The summed E-state index contributed by atoms with van der Waals surface area (Å²) in [6.45, 7) is 1.68. The summed E-state index contributed by atoms with van der Waals surface area (Å²) >= 11 is 0. The number of methoxy groups -OCH3 is 2. The first-order valence-corrected chi connectivity index (χ1v) is 7.35. The molecule has 1 aromatic rings. The number of carbonyl (C=O) groups excluding carboxylic acids is 2. The zero-order valence-corrected chi connectivity index (χ0v) is 12.8. The molecule has 0 radical (unpaired) electrons. The molecule has 2 fully saturated rings. The van der Waals surface area contributed by atoms with E-state index < -0.39 is 5.41 Å². The van der Waals surface area contributed by atoms with Gasteiger partial charge in [0.05, 0.1) is 19.6 Å². The van der Waals surface area contributed by atoms with E-state index in [1.807, 2.05) is 18.2 Å². The fraction of sp³-hybridized carbons (Fsp3) is 0.500. The molecule has 2 amide bonds. The van der Waals surface area contributed by atoms with Crippen LogP contribution < -0.4 is 14.8 Å². The maximum absolute atomic E-state index is 12.5. The van der Waals surface area contributed by atoms with Crippen LogP contribution >= 0.6 is 0 Å². The second-order valence-corrected chi connectivity index (χ2v) is 5.90. The zero-order valence-electron chi connectivity index (χ0n) is 12.8. The van der Waals surface area contributed by atoms with Crippen molar-refractivity contribution < 1.29 is 19.1 Å². The number of rotatable bonds is 4. The van der Waals surface area contributed by atoms with E-state index in [0.717, 1.165) is 23.5 Å². The average molecular weight is 304 g/mol.